The van der Waals surface area contributed by atoms with E-state index in [-0.39, 0.29) is 25.1 Å². The average molecular weight is 578 g/mol. The largest absolute Gasteiger partial charge is 0.496 e. The van der Waals surface area contributed by atoms with Gasteiger partial charge >= 0.3 is 18.2 Å². The van der Waals surface area contributed by atoms with E-state index in [2.05, 4.69) is 0 Å². The highest BCUT2D eigenvalue weighted by molar-refractivity contribution is 5.83. The molecule has 1 saturated carbocycles. The first-order chi connectivity index (χ1) is 19.4. The molecule has 4 rings (SSSR count). The van der Waals surface area contributed by atoms with Crippen LogP contribution in [0.15, 0.2) is 48.5 Å². The van der Waals surface area contributed by atoms with Crippen molar-refractivity contribution in [1.29, 1.82) is 0 Å². The fraction of sp³-hybridized carbons (Fsp3) is 0.548. The van der Waals surface area contributed by atoms with Gasteiger partial charge in [0.15, 0.2) is 0 Å². The van der Waals surface area contributed by atoms with Crippen LogP contribution in [0.4, 0.5) is 18.0 Å². The molecule has 1 aliphatic carbocycles. The highest BCUT2D eigenvalue weighted by atomic mass is 19.4. The highest BCUT2D eigenvalue weighted by Gasteiger charge is 2.60. The molecule has 4 atom stereocenters. The van der Waals surface area contributed by atoms with E-state index in [0.717, 1.165) is 37.0 Å². The smallest absolute Gasteiger partial charge is 0.416 e. The van der Waals surface area contributed by atoms with Crippen molar-refractivity contribution in [3.63, 3.8) is 0 Å². The van der Waals surface area contributed by atoms with Gasteiger partial charge in [-0.2, -0.15) is 13.2 Å². The van der Waals surface area contributed by atoms with Crippen LogP contribution < -0.4 is 4.74 Å². The molecule has 2 aromatic carbocycles. The Morgan fingerprint density at radius 3 is 2.24 bits per heavy atom. The van der Waals surface area contributed by atoms with Crippen LogP contribution in [0.1, 0.15) is 69.7 Å². The van der Waals surface area contributed by atoms with Crippen molar-refractivity contribution in [2.75, 3.05) is 13.7 Å². The Morgan fingerprint density at radius 1 is 1.02 bits per heavy atom. The minimum Gasteiger partial charge on any atom is -0.496 e. The number of hydrogen-bond donors (Lipinski definition) is 0. The van der Waals surface area contributed by atoms with Gasteiger partial charge in [0.2, 0.25) is 0 Å². The second-order valence-electron chi connectivity index (χ2n) is 11.6. The molecule has 0 N–H and O–H groups in total. The summed E-state index contributed by atoms with van der Waals surface area (Å²) in [5, 5.41) is 0. The average Bonchev–Trinajstić information content (AvgIpc) is 3.25. The van der Waals surface area contributed by atoms with Gasteiger partial charge in [0.05, 0.1) is 38.0 Å². The van der Waals surface area contributed by atoms with Gasteiger partial charge in [-0.25, -0.2) is 9.59 Å². The number of halogens is 3. The van der Waals surface area contributed by atoms with Crippen LogP contribution in [0, 0.1) is 11.3 Å². The van der Waals surface area contributed by atoms with Crippen molar-refractivity contribution in [3.05, 3.63) is 65.2 Å². The molecule has 1 amide bonds. The lowest BCUT2D eigenvalue weighted by atomic mass is 9.73. The van der Waals surface area contributed by atoms with Gasteiger partial charge in [0.1, 0.15) is 17.9 Å². The van der Waals surface area contributed by atoms with Crippen LogP contribution in [-0.4, -0.2) is 48.9 Å². The third kappa shape index (κ3) is 6.63. The fourth-order valence-corrected chi connectivity index (χ4v) is 5.68. The minimum atomic E-state index is -4.53. The van der Waals surface area contributed by atoms with Crippen LogP contribution in [0.2, 0.25) is 0 Å². The third-order valence-corrected chi connectivity index (χ3v) is 7.85. The summed E-state index contributed by atoms with van der Waals surface area (Å²) in [6, 6.07) is 10.8. The number of nitrogens with zero attached hydrogens (tertiary/aromatic N) is 1. The van der Waals surface area contributed by atoms with Crippen LogP contribution in [0.3, 0.4) is 0 Å². The number of rotatable bonds is 8. The Morgan fingerprint density at radius 2 is 1.71 bits per heavy atom. The maximum atomic E-state index is 13.8. The molecule has 0 radical (unpaired) electrons. The number of esters is 1. The van der Waals surface area contributed by atoms with Gasteiger partial charge in [-0.15, -0.1) is 0 Å². The van der Waals surface area contributed by atoms with E-state index < -0.39 is 53.3 Å². The maximum absolute atomic E-state index is 13.8. The van der Waals surface area contributed by atoms with E-state index in [1.165, 1.54) is 18.1 Å². The van der Waals surface area contributed by atoms with Gasteiger partial charge in [-0.3, -0.25) is 4.90 Å². The lowest BCUT2D eigenvalue weighted by Crippen LogP contribution is -2.49. The summed E-state index contributed by atoms with van der Waals surface area (Å²) < 4.78 is 63.1. The maximum Gasteiger partial charge on any atom is 0.416 e. The normalized spacial score (nSPS) is 23.2. The number of carbonyl (C=O) groups excluding carboxylic acids is 2. The first-order valence-corrected chi connectivity index (χ1v) is 13.9. The second-order valence-corrected chi connectivity index (χ2v) is 11.6. The molecule has 2 fully saturated rings. The monoisotopic (exact) mass is 577 g/mol. The number of hydrogen-bond acceptors (Lipinski definition) is 6. The number of alkyl halides is 3. The molecule has 7 nitrogen and oxygen atoms in total. The summed E-state index contributed by atoms with van der Waals surface area (Å²) >= 11 is 0. The number of carbonyl (C=O) groups is 2. The van der Waals surface area contributed by atoms with Crippen molar-refractivity contribution in [1.82, 2.24) is 4.90 Å². The Balaban J connectivity index is 1.78. The Hall–Kier alpha value is -3.27. The Bertz CT molecular complexity index is 1210. The first kappa shape index (κ1) is 30.7. The van der Waals surface area contributed by atoms with Crippen molar-refractivity contribution in [2.24, 2.45) is 11.3 Å². The molecule has 41 heavy (non-hydrogen) atoms. The van der Waals surface area contributed by atoms with E-state index in [4.69, 9.17) is 18.9 Å². The summed E-state index contributed by atoms with van der Waals surface area (Å²) in [4.78, 5) is 28.8. The Kier molecular flexibility index (Phi) is 9.21. The van der Waals surface area contributed by atoms with Crippen molar-refractivity contribution in [3.8, 4) is 5.75 Å². The summed E-state index contributed by atoms with van der Waals surface area (Å²) in [5.74, 6) is -1.07. The lowest BCUT2D eigenvalue weighted by Gasteiger charge is -2.35. The molecule has 0 bridgehead atoms. The SMILES string of the molecule is CCOC(=O)[C@H]1[C@H](C(C)(C)C)[C@@H](OCc2ccc(C(F)(F)F)cc2OC)[C@@H](c2ccccc2)N1C(=O)OC1CCC1. The van der Waals surface area contributed by atoms with Crippen LogP contribution in [0.25, 0.3) is 0 Å². The summed E-state index contributed by atoms with van der Waals surface area (Å²) in [6.07, 6.45) is -3.60. The van der Waals surface area contributed by atoms with Gasteiger partial charge < -0.3 is 18.9 Å². The zero-order valence-corrected chi connectivity index (χ0v) is 24.1. The minimum absolute atomic E-state index is 0.0320. The molecule has 0 unspecified atom stereocenters. The molecule has 224 valence electrons. The van der Waals surface area contributed by atoms with E-state index in [1.807, 2.05) is 51.1 Å². The van der Waals surface area contributed by atoms with Crippen molar-refractivity contribution in [2.45, 2.75) is 84.0 Å². The molecule has 2 aliphatic rings. The molecule has 10 heteroatoms. The van der Waals surface area contributed by atoms with Gasteiger partial charge in [0, 0.05) is 11.5 Å². The molecule has 1 saturated heterocycles. The predicted octanol–water partition coefficient (Wildman–Crippen LogP) is 6.94. The molecule has 1 aliphatic heterocycles. The van der Waals surface area contributed by atoms with Crippen LogP contribution >= 0.6 is 0 Å². The standard InChI is InChI=1S/C31H38F3NO6/c1-6-39-28(36)26-24(30(2,3)4)27(40-18-20-15-16-21(31(32,33)34)17-23(20)38-5)25(19-11-8-7-9-12-19)35(26)29(37)41-22-13-10-14-22/h7-9,11-12,15-17,22,24-27H,6,10,13-14,18H2,1-5H3/t24-,25+,26+,27+/m0/s1. The number of amides is 1. The number of benzene rings is 2. The predicted molar refractivity (Wildman–Crippen MR) is 145 cm³/mol. The zero-order valence-electron chi connectivity index (χ0n) is 24.1. The van der Waals surface area contributed by atoms with Crippen molar-refractivity contribution < 1.29 is 41.7 Å². The molecule has 2 aromatic rings. The molecule has 0 aromatic heterocycles. The molecule has 0 spiro atoms. The quantitative estimate of drug-likeness (QED) is 0.317. The number of likely N-dealkylation sites (tertiary alicyclic amines) is 1. The second kappa shape index (κ2) is 12.3. The van der Waals surface area contributed by atoms with Crippen LogP contribution in [0.5, 0.6) is 5.75 Å². The molecular formula is C31H38F3NO6. The molecule has 1 heterocycles. The topological polar surface area (TPSA) is 74.3 Å². The highest BCUT2D eigenvalue weighted by Crippen LogP contribution is 2.50. The number of ether oxygens (including phenoxy) is 4. The number of methoxy groups -OCH3 is 1. The van der Waals surface area contributed by atoms with Gasteiger partial charge in [0.25, 0.3) is 0 Å². The van der Waals surface area contributed by atoms with Crippen molar-refractivity contribution >= 4 is 12.1 Å². The summed E-state index contributed by atoms with van der Waals surface area (Å²) in [5.41, 5.74) is -0.238. The Labute approximate surface area is 238 Å². The summed E-state index contributed by atoms with van der Waals surface area (Å²) in [7, 11) is 1.30. The van der Waals surface area contributed by atoms with E-state index >= 15 is 0 Å². The van der Waals surface area contributed by atoms with E-state index in [0.29, 0.717) is 5.56 Å². The first-order valence-electron chi connectivity index (χ1n) is 13.9. The van der Waals surface area contributed by atoms with E-state index in [1.54, 1.807) is 6.92 Å². The fourth-order valence-electron chi connectivity index (χ4n) is 5.68. The zero-order chi connectivity index (χ0) is 29.9. The van der Waals surface area contributed by atoms with Gasteiger partial charge in [-0.05, 0) is 49.3 Å². The lowest BCUT2D eigenvalue weighted by molar-refractivity contribution is -0.152. The molecular weight excluding hydrogens is 539 g/mol. The van der Waals surface area contributed by atoms with Gasteiger partial charge in [-0.1, -0.05) is 57.2 Å². The third-order valence-electron chi connectivity index (χ3n) is 7.85. The van der Waals surface area contributed by atoms with Crippen LogP contribution in [-0.2, 0) is 31.8 Å². The van der Waals surface area contributed by atoms with E-state index in [9.17, 15) is 22.8 Å². The summed E-state index contributed by atoms with van der Waals surface area (Å²) in [6.45, 7) is 7.60.